The fraction of sp³-hybridized carbons (Fsp3) is 0.321. The number of fused-ring (bicyclic) bond motifs is 1. The molecule has 4 nitrogen and oxygen atoms in total. The number of aromatic nitrogens is 2. The van der Waals surface area contributed by atoms with Crippen molar-refractivity contribution in [3.63, 3.8) is 0 Å². The van der Waals surface area contributed by atoms with Crippen molar-refractivity contribution < 1.29 is 4.74 Å². The predicted octanol–water partition coefficient (Wildman–Crippen LogP) is 6.37. The van der Waals surface area contributed by atoms with Crippen LogP contribution in [0.1, 0.15) is 37.7 Å². The van der Waals surface area contributed by atoms with Gasteiger partial charge in [0.1, 0.15) is 5.75 Å². The van der Waals surface area contributed by atoms with Gasteiger partial charge in [0.25, 0.3) is 0 Å². The molecule has 0 spiro atoms. The first-order valence-electron chi connectivity index (χ1n) is 11.7. The maximum Gasteiger partial charge on any atom is 0.119 e. The Morgan fingerprint density at radius 3 is 2.75 bits per heavy atom. The molecule has 1 saturated carbocycles. The largest absolute Gasteiger partial charge is 0.497 e. The molecule has 0 radical (unpaired) electrons. The molecule has 1 fully saturated rings. The first kappa shape index (κ1) is 20.8. The van der Waals surface area contributed by atoms with Gasteiger partial charge < -0.3 is 14.6 Å². The zero-order chi connectivity index (χ0) is 21.8. The summed E-state index contributed by atoms with van der Waals surface area (Å²) in [5.74, 6) is 1.68. The predicted molar refractivity (Wildman–Crippen MR) is 131 cm³/mol. The van der Waals surface area contributed by atoms with Crippen molar-refractivity contribution in [2.24, 2.45) is 5.92 Å². The fourth-order valence-electron chi connectivity index (χ4n) is 4.92. The molecule has 2 aromatic heterocycles. The number of nitrogens with zero attached hydrogens (tertiary/aromatic N) is 2. The maximum atomic E-state index is 5.39. The van der Waals surface area contributed by atoms with Gasteiger partial charge in [0.15, 0.2) is 0 Å². The minimum Gasteiger partial charge on any atom is -0.497 e. The highest BCUT2D eigenvalue weighted by Crippen LogP contribution is 2.28. The SMILES string of the molecule is COc1cccc(-c2cc(-n3cc(CNCC4CCCCC4)c4ccccc43)ccn2)c1. The molecular weight excluding hydrogens is 394 g/mol. The van der Waals surface area contributed by atoms with Crippen molar-refractivity contribution in [2.45, 2.75) is 38.6 Å². The lowest BCUT2D eigenvalue weighted by Crippen LogP contribution is -2.24. The summed E-state index contributed by atoms with van der Waals surface area (Å²) in [6, 6.07) is 21.0. The second-order valence-corrected chi connectivity index (χ2v) is 8.81. The molecule has 1 aliphatic carbocycles. The molecule has 4 aromatic rings. The molecule has 1 N–H and O–H groups in total. The minimum absolute atomic E-state index is 0.836. The summed E-state index contributed by atoms with van der Waals surface area (Å²) in [6.45, 7) is 2.02. The van der Waals surface area contributed by atoms with Crippen LogP contribution in [-0.2, 0) is 6.54 Å². The molecular formula is C28H31N3O. The van der Waals surface area contributed by atoms with Gasteiger partial charge in [0.05, 0.1) is 18.3 Å². The van der Waals surface area contributed by atoms with Crippen LogP contribution in [0.4, 0.5) is 0 Å². The van der Waals surface area contributed by atoms with Crippen molar-refractivity contribution in [1.82, 2.24) is 14.9 Å². The Balaban J connectivity index is 1.43. The number of hydrogen-bond acceptors (Lipinski definition) is 3. The summed E-state index contributed by atoms with van der Waals surface area (Å²) >= 11 is 0. The van der Waals surface area contributed by atoms with Gasteiger partial charge in [-0.05, 0) is 61.2 Å². The van der Waals surface area contributed by atoms with Crippen molar-refractivity contribution in [3.05, 3.63) is 78.6 Å². The van der Waals surface area contributed by atoms with E-state index >= 15 is 0 Å². The number of rotatable bonds is 7. The molecule has 4 heteroatoms. The van der Waals surface area contributed by atoms with Crippen LogP contribution >= 0.6 is 0 Å². The van der Waals surface area contributed by atoms with Gasteiger partial charge in [-0.1, -0.05) is 49.6 Å². The standard InChI is InChI=1S/C28H31N3O/c1-32-25-11-7-10-22(16-25)27-17-24(14-15-30-27)31-20-23(26-12-5-6-13-28(26)31)19-29-18-21-8-3-2-4-9-21/h5-7,10-17,20-21,29H,2-4,8-9,18-19H2,1H3. The second-order valence-electron chi connectivity index (χ2n) is 8.81. The summed E-state index contributed by atoms with van der Waals surface area (Å²) in [5.41, 5.74) is 5.68. The van der Waals surface area contributed by atoms with E-state index in [1.807, 2.05) is 24.4 Å². The summed E-state index contributed by atoms with van der Waals surface area (Å²) in [7, 11) is 1.69. The quantitative estimate of drug-likeness (QED) is 0.374. The van der Waals surface area contributed by atoms with Crippen LogP contribution in [0.2, 0.25) is 0 Å². The Labute approximate surface area is 190 Å². The number of nitrogens with one attached hydrogen (secondary N) is 1. The van der Waals surface area contributed by atoms with E-state index in [4.69, 9.17) is 4.74 Å². The topological polar surface area (TPSA) is 39.1 Å². The third kappa shape index (κ3) is 4.42. The Hall–Kier alpha value is -3.11. The van der Waals surface area contributed by atoms with Crippen LogP contribution in [0.25, 0.3) is 27.8 Å². The lowest BCUT2D eigenvalue weighted by Gasteiger charge is -2.21. The van der Waals surface area contributed by atoms with Crippen LogP contribution < -0.4 is 10.1 Å². The summed E-state index contributed by atoms with van der Waals surface area (Å²) < 4.78 is 7.68. The van der Waals surface area contributed by atoms with Crippen molar-refractivity contribution in [1.29, 1.82) is 0 Å². The molecule has 0 unspecified atom stereocenters. The molecule has 0 saturated heterocycles. The minimum atomic E-state index is 0.836. The van der Waals surface area contributed by atoms with E-state index in [2.05, 4.69) is 63.5 Å². The first-order valence-corrected chi connectivity index (χ1v) is 11.7. The zero-order valence-corrected chi connectivity index (χ0v) is 18.8. The van der Waals surface area contributed by atoms with Gasteiger partial charge in [-0.3, -0.25) is 4.98 Å². The highest BCUT2D eigenvalue weighted by atomic mass is 16.5. The van der Waals surface area contributed by atoms with E-state index in [0.29, 0.717) is 0 Å². The van der Waals surface area contributed by atoms with E-state index in [9.17, 15) is 0 Å². The molecule has 5 rings (SSSR count). The van der Waals surface area contributed by atoms with Crippen LogP contribution in [-0.4, -0.2) is 23.2 Å². The molecule has 32 heavy (non-hydrogen) atoms. The highest BCUT2D eigenvalue weighted by Gasteiger charge is 2.14. The highest BCUT2D eigenvalue weighted by molar-refractivity contribution is 5.85. The van der Waals surface area contributed by atoms with Crippen LogP contribution in [0.5, 0.6) is 5.75 Å². The molecule has 164 valence electrons. The van der Waals surface area contributed by atoms with E-state index in [1.165, 1.54) is 48.6 Å². The number of para-hydroxylation sites is 1. The number of hydrogen-bond donors (Lipinski definition) is 1. The van der Waals surface area contributed by atoms with Gasteiger partial charge in [-0.25, -0.2) is 0 Å². The number of methoxy groups -OCH3 is 1. The van der Waals surface area contributed by atoms with Gasteiger partial charge in [-0.2, -0.15) is 0 Å². The molecule has 0 amide bonds. The van der Waals surface area contributed by atoms with E-state index in [-0.39, 0.29) is 0 Å². The van der Waals surface area contributed by atoms with E-state index in [1.54, 1.807) is 7.11 Å². The number of ether oxygens (including phenoxy) is 1. The summed E-state index contributed by atoms with van der Waals surface area (Å²) in [4.78, 5) is 4.62. The van der Waals surface area contributed by atoms with Gasteiger partial charge in [0.2, 0.25) is 0 Å². The monoisotopic (exact) mass is 425 g/mol. The maximum absolute atomic E-state index is 5.39. The second kappa shape index (κ2) is 9.58. The average Bonchev–Trinajstić information content (AvgIpc) is 3.23. The Morgan fingerprint density at radius 1 is 1.00 bits per heavy atom. The first-order chi connectivity index (χ1) is 15.8. The third-order valence-corrected chi connectivity index (χ3v) is 6.65. The van der Waals surface area contributed by atoms with Gasteiger partial charge in [-0.15, -0.1) is 0 Å². The van der Waals surface area contributed by atoms with Gasteiger partial charge >= 0.3 is 0 Å². The van der Waals surface area contributed by atoms with Crippen molar-refractivity contribution >= 4 is 10.9 Å². The molecule has 0 aliphatic heterocycles. The normalized spacial score (nSPS) is 14.7. The summed E-state index contributed by atoms with van der Waals surface area (Å²) in [6.07, 6.45) is 11.1. The van der Waals surface area contributed by atoms with Gasteiger partial charge in [0, 0.05) is 35.6 Å². The lowest BCUT2D eigenvalue weighted by atomic mass is 9.89. The molecule has 2 aromatic carbocycles. The number of benzene rings is 2. The van der Waals surface area contributed by atoms with E-state index in [0.717, 1.165) is 41.7 Å². The van der Waals surface area contributed by atoms with Crippen molar-refractivity contribution in [3.8, 4) is 22.7 Å². The lowest BCUT2D eigenvalue weighted by molar-refractivity contribution is 0.342. The van der Waals surface area contributed by atoms with Crippen LogP contribution in [0.15, 0.2) is 73.1 Å². The molecule has 1 aliphatic rings. The van der Waals surface area contributed by atoms with Crippen LogP contribution in [0, 0.1) is 5.92 Å². The van der Waals surface area contributed by atoms with Crippen LogP contribution in [0.3, 0.4) is 0 Å². The molecule has 2 heterocycles. The molecule has 0 bridgehead atoms. The summed E-state index contributed by atoms with van der Waals surface area (Å²) in [5, 5.41) is 5.05. The van der Waals surface area contributed by atoms with Crippen molar-refractivity contribution in [2.75, 3.05) is 13.7 Å². The smallest absolute Gasteiger partial charge is 0.119 e. The fourth-order valence-corrected chi connectivity index (χ4v) is 4.92. The van der Waals surface area contributed by atoms with E-state index < -0.39 is 0 Å². The Morgan fingerprint density at radius 2 is 1.88 bits per heavy atom. The Bertz CT molecular complexity index is 1190. The average molecular weight is 426 g/mol. The zero-order valence-electron chi connectivity index (χ0n) is 18.8. The third-order valence-electron chi connectivity index (χ3n) is 6.65. The molecule has 0 atom stereocenters. The Kier molecular flexibility index (Phi) is 6.22. The number of pyridine rings is 1.